The standard InChI is InChI=1S/C12H15NO/c1-9(2)12(14)13(4)11-8-6-5-7-10(11)3/h5-8H,1H2,2-4H3. The predicted octanol–water partition coefficient (Wildman–Crippen LogP) is 2.53. The second kappa shape index (κ2) is 4.09. The van der Waals surface area contributed by atoms with Crippen molar-refractivity contribution in [1.82, 2.24) is 0 Å². The number of hydrogen-bond acceptors (Lipinski definition) is 1. The molecule has 1 rings (SSSR count). The molecule has 1 amide bonds. The molecule has 0 unspecified atom stereocenters. The summed E-state index contributed by atoms with van der Waals surface area (Å²) in [5.41, 5.74) is 2.57. The summed E-state index contributed by atoms with van der Waals surface area (Å²) in [6.07, 6.45) is 0. The molecule has 0 radical (unpaired) electrons. The number of hydrogen-bond donors (Lipinski definition) is 0. The lowest BCUT2D eigenvalue weighted by Crippen LogP contribution is -2.27. The van der Waals surface area contributed by atoms with Crippen molar-refractivity contribution in [2.24, 2.45) is 0 Å². The van der Waals surface area contributed by atoms with Gasteiger partial charge in [-0.05, 0) is 25.5 Å². The maximum Gasteiger partial charge on any atom is 0.253 e. The molecule has 0 heterocycles. The average Bonchev–Trinajstić information content (AvgIpc) is 2.16. The molecule has 0 spiro atoms. The lowest BCUT2D eigenvalue weighted by molar-refractivity contribution is -0.114. The zero-order valence-electron chi connectivity index (χ0n) is 8.87. The Hall–Kier alpha value is -1.57. The molecule has 0 saturated carbocycles. The summed E-state index contributed by atoms with van der Waals surface area (Å²) in [4.78, 5) is 13.2. The molecule has 0 fully saturated rings. The minimum absolute atomic E-state index is 0.0423. The van der Waals surface area contributed by atoms with E-state index in [0.29, 0.717) is 5.57 Å². The van der Waals surface area contributed by atoms with E-state index in [1.54, 1.807) is 18.9 Å². The van der Waals surface area contributed by atoms with Gasteiger partial charge in [0, 0.05) is 18.3 Å². The van der Waals surface area contributed by atoms with Crippen LogP contribution in [0.1, 0.15) is 12.5 Å². The van der Waals surface area contributed by atoms with Crippen molar-refractivity contribution in [3.05, 3.63) is 42.0 Å². The Morgan fingerprint density at radius 1 is 1.36 bits per heavy atom. The Labute approximate surface area is 84.9 Å². The number of nitrogens with zero attached hydrogens (tertiary/aromatic N) is 1. The van der Waals surface area contributed by atoms with Crippen molar-refractivity contribution in [2.45, 2.75) is 13.8 Å². The molecule has 0 saturated heterocycles. The Bertz CT molecular complexity index is 368. The number of benzene rings is 1. The van der Waals surface area contributed by atoms with Crippen LogP contribution >= 0.6 is 0 Å². The molecule has 0 aromatic heterocycles. The second-order valence-electron chi connectivity index (χ2n) is 3.43. The Morgan fingerprint density at radius 3 is 2.43 bits per heavy atom. The molecule has 0 bridgehead atoms. The van der Waals surface area contributed by atoms with Crippen molar-refractivity contribution in [3.8, 4) is 0 Å². The quantitative estimate of drug-likeness (QED) is 0.655. The number of carbonyl (C=O) groups is 1. The third-order valence-electron chi connectivity index (χ3n) is 2.15. The fourth-order valence-electron chi connectivity index (χ4n) is 1.34. The summed E-state index contributed by atoms with van der Waals surface area (Å²) in [5, 5.41) is 0. The van der Waals surface area contributed by atoms with Crippen LogP contribution in [0, 0.1) is 6.92 Å². The minimum Gasteiger partial charge on any atom is -0.311 e. The summed E-state index contributed by atoms with van der Waals surface area (Å²) >= 11 is 0. The lowest BCUT2D eigenvalue weighted by Gasteiger charge is -2.19. The molecule has 0 aliphatic rings. The molecule has 2 nitrogen and oxygen atoms in total. The van der Waals surface area contributed by atoms with E-state index in [1.165, 1.54) is 0 Å². The van der Waals surface area contributed by atoms with Crippen LogP contribution in [0.3, 0.4) is 0 Å². The highest BCUT2D eigenvalue weighted by molar-refractivity contribution is 6.04. The van der Waals surface area contributed by atoms with Gasteiger partial charge in [0.05, 0.1) is 0 Å². The van der Waals surface area contributed by atoms with Gasteiger partial charge in [0.15, 0.2) is 0 Å². The first-order valence-corrected chi connectivity index (χ1v) is 4.53. The first kappa shape index (κ1) is 10.5. The van der Waals surface area contributed by atoms with E-state index in [4.69, 9.17) is 0 Å². The Balaban J connectivity index is 3.01. The number of likely N-dealkylation sites (N-methyl/N-ethyl adjacent to an activating group) is 1. The fourth-order valence-corrected chi connectivity index (χ4v) is 1.34. The monoisotopic (exact) mass is 189 g/mol. The lowest BCUT2D eigenvalue weighted by atomic mass is 10.1. The van der Waals surface area contributed by atoms with Crippen molar-refractivity contribution in [2.75, 3.05) is 11.9 Å². The van der Waals surface area contributed by atoms with Crippen LogP contribution in [0.15, 0.2) is 36.4 Å². The first-order chi connectivity index (χ1) is 6.54. The van der Waals surface area contributed by atoms with Crippen LogP contribution in [0.4, 0.5) is 5.69 Å². The molecule has 74 valence electrons. The third kappa shape index (κ3) is 2.02. The molecule has 0 N–H and O–H groups in total. The smallest absolute Gasteiger partial charge is 0.253 e. The van der Waals surface area contributed by atoms with Crippen LogP contribution in [0.2, 0.25) is 0 Å². The van der Waals surface area contributed by atoms with Gasteiger partial charge in [-0.1, -0.05) is 24.8 Å². The number of aryl methyl sites for hydroxylation is 1. The highest BCUT2D eigenvalue weighted by Crippen LogP contribution is 2.18. The normalized spacial score (nSPS) is 9.64. The van der Waals surface area contributed by atoms with Crippen LogP contribution in [0.5, 0.6) is 0 Å². The first-order valence-electron chi connectivity index (χ1n) is 4.53. The maximum atomic E-state index is 11.6. The Morgan fingerprint density at radius 2 is 1.93 bits per heavy atom. The molecular formula is C12H15NO. The van der Waals surface area contributed by atoms with Crippen molar-refractivity contribution < 1.29 is 4.79 Å². The number of amides is 1. The van der Waals surface area contributed by atoms with E-state index >= 15 is 0 Å². The molecule has 0 aliphatic carbocycles. The van der Waals surface area contributed by atoms with Crippen molar-refractivity contribution in [1.29, 1.82) is 0 Å². The van der Waals surface area contributed by atoms with Crippen LogP contribution in [-0.2, 0) is 4.79 Å². The van der Waals surface area contributed by atoms with E-state index in [1.807, 2.05) is 31.2 Å². The molecule has 0 aliphatic heterocycles. The van der Waals surface area contributed by atoms with E-state index in [-0.39, 0.29) is 5.91 Å². The number of para-hydroxylation sites is 1. The van der Waals surface area contributed by atoms with Gasteiger partial charge in [-0.3, -0.25) is 4.79 Å². The summed E-state index contributed by atoms with van der Waals surface area (Å²) in [7, 11) is 1.76. The zero-order valence-corrected chi connectivity index (χ0v) is 8.87. The summed E-state index contributed by atoms with van der Waals surface area (Å²) in [6, 6.07) is 7.79. The molecule has 1 aromatic carbocycles. The van der Waals surface area contributed by atoms with Gasteiger partial charge < -0.3 is 4.90 Å². The van der Waals surface area contributed by atoms with E-state index in [2.05, 4.69) is 6.58 Å². The molecular weight excluding hydrogens is 174 g/mol. The Kier molecular flexibility index (Phi) is 3.07. The van der Waals surface area contributed by atoms with Gasteiger partial charge in [-0.2, -0.15) is 0 Å². The van der Waals surface area contributed by atoms with Crippen molar-refractivity contribution in [3.63, 3.8) is 0 Å². The van der Waals surface area contributed by atoms with E-state index in [0.717, 1.165) is 11.3 Å². The van der Waals surface area contributed by atoms with Gasteiger partial charge in [0.1, 0.15) is 0 Å². The highest BCUT2D eigenvalue weighted by atomic mass is 16.2. The van der Waals surface area contributed by atoms with E-state index in [9.17, 15) is 4.79 Å². The number of anilines is 1. The van der Waals surface area contributed by atoms with Gasteiger partial charge in [-0.25, -0.2) is 0 Å². The molecule has 0 atom stereocenters. The topological polar surface area (TPSA) is 20.3 Å². The van der Waals surface area contributed by atoms with Crippen molar-refractivity contribution >= 4 is 11.6 Å². The highest BCUT2D eigenvalue weighted by Gasteiger charge is 2.12. The number of rotatable bonds is 2. The van der Waals surface area contributed by atoms with Gasteiger partial charge in [0.2, 0.25) is 0 Å². The predicted molar refractivity (Wildman–Crippen MR) is 59.4 cm³/mol. The maximum absolute atomic E-state index is 11.6. The van der Waals surface area contributed by atoms with Crippen LogP contribution in [-0.4, -0.2) is 13.0 Å². The largest absolute Gasteiger partial charge is 0.311 e. The van der Waals surface area contributed by atoms with Gasteiger partial charge in [0.25, 0.3) is 5.91 Å². The molecule has 1 aromatic rings. The van der Waals surface area contributed by atoms with Gasteiger partial charge >= 0.3 is 0 Å². The second-order valence-corrected chi connectivity index (χ2v) is 3.43. The van der Waals surface area contributed by atoms with E-state index < -0.39 is 0 Å². The number of carbonyl (C=O) groups excluding carboxylic acids is 1. The summed E-state index contributed by atoms with van der Waals surface area (Å²) in [6.45, 7) is 7.34. The van der Waals surface area contributed by atoms with Gasteiger partial charge in [-0.15, -0.1) is 0 Å². The van der Waals surface area contributed by atoms with Crippen LogP contribution in [0.25, 0.3) is 0 Å². The average molecular weight is 189 g/mol. The SMILES string of the molecule is C=C(C)C(=O)N(C)c1ccccc1C. The zero-order chi connectivity index (χ0) is 10.7. The third-order valence-corrected chi connectivity index (χ3v) is 2.15. The fraction of sp³-hybridized carbons (Fsp3) is 0.250. The molecule has 2 heteroatoms. The summed E-state index contributed by atoms with van der Waals surface area (Å²) < 4.78 is 0. The summed E-state index contributed by atoms with van der Waals surface area (Å²) in [5.74, 6) is -0.0423. The van der Waals surface area contributed by atoms with Crippen LogP contribution < -0.4 is 4.90 Å². The molecule has 14 heavy (non-hydrogen) atoms. The minimum atomic E-state index is -0.0423.